The Balaban J connectivity index is 1.64. The summed E-state index contributed by atoms with van der Waals surface area (Å²) < 4.78 is 24.7. The van der Waals surface area contributed by atoms with E-state index < -0.39 is 0 Å². The maximum Gasteiger partial charge on any atom is 0.308 e. The SMILES string of the molecule is COc1c(I)cc(CCC(=O)OCCCOC(=O)CCc2cc(I)c(OC(C)=O)c(I)c2)cc1I. The number of rotatable bonds is 12. The molecule has 2 aromatic carbocycles. The van der Waals surface area contributed by atoms with E-state index in [2.05, 4.69) is 90.4 Å². The summed E-state index contributed by atoms with van der Waals surface area (Å²) in [5.41, 5.74) is 2.01. The first kappa shape index (κ1) is 30.8. The zero-order chi connectivity index (χ0) is 26.0. The van der Waals surface area contributed by atoms with Crippen molar-refractivity contribution < 1.29 is 33.3 Å². The van der Waals surface area contributed by atoms with E-state index in [9.17, 15) is 14.4 Å². The van der Waals surface area contributed by atoms with Crippen molar-refractivity contribution >= 4 is 108 Å². The van der Waals surface area contributed by atoms with Crippen LogP contribution in [-0.4, -0.2) is 38.2 Å². The predicted octanol–water partition coefficient (Wildman–Crippen LogP) is 6.08. The van der Waals surface area contributed by atoms with Gasteiger partial charge in [-0.1, -0.05) is 0 Å². The van der Waals surface area contributed by atoms with Crippen LogP contribution in [0.2, 0.25) is 0 Å². The minimum absolute atomic E-state index is 0.196. The normalized spacial score (nSPS) is 10.6. The highest BCUT2D eigenvalue weighted by atomic mass is 127. The third-order valence-electron chi connectivity index (χ3n) is 4.62. The number of halogens is 4. The molecule has 0 fully saturated rings. The standard InChI is InChI=1S/C24H24I4O7/c1-14(29)35-24-19(27)12-16(13-20(24)28)5-7-22(31)34-9-3-8-33-21(30)6-4-15-10-17(25)23(32-2)18(26)11-15/h10-13H,3-9H2,1-2H3. The predicted molar refractivity (Wildman–Crippen MR) is 165 cm³/mol. The maximum atomic E-state index is 12.0. The Labute approximate surface area is 259 Å². The molecule has 0 radical (unpaired) electrons. The van der Waals surface area contributed by atoms with Crippen LogP contribution in [-0.2, 0) is 36.7 Å². The summed E-state index contributed by atoms with van der Waals surface area (Å²) in [5, 5.41) is 0. The fraction of sp³-hybridized carbons (Fsp3) is 0.375. The van der Waals surface area contributed by atoms with Crippen LogP contribution in [0.5, 0.6) is 11.5 Å². The lowest BCUT2D eigenvalue weighted by Gasteiger charge is -2.10. The number of methoxy groups -OCH3 is 1. The maximum absolute atomic E-state index is 12.0. The lowest BCUT2D eigenvalue weighted by molar-refractivity contribution is -0.146. The van der Waals surface area contributed by atoms with Crippen molar-refractivity contribution in [1.82, 2.24) is 0 Å². The Morgan fingerprint density at radius 3 is 1.49 bits per heavy atom. The van der Waals surface area contributed by atoms with Gasteiger partial charge in [0.2, 0.25) is 0 Å². The Morgan fingerprint density at radius 1 is 0.714 bits per heavy atom. The Morgan fingerprint density at radius 2 is 1.11 bits per heavy atom. The Bertz CT molecular complexity index is 1030. The van der Waals surface area contributed by atoms with Gasteiger partial charge < -0.3 is 18.9 Å². The van der Waals surface area contributed by atoms with Crippen LogP contribution >= 0.6 is 90.4 Å². The number of hydrogen-bond donors (Lipinski definition) is 0. The largest absolute Gasteiger partial charge is 0.495 e. The van der Waals surface area contributed by atoms with Crippen LogP contribution in [0.3, 0.4) is 0 Å². The molecule has 0 atom stereocenters. The minimum atomic E-state index is -0.371. The quantitative estimate of drug-likeness (QED) is 0.111. The zero-order valence-electron chi connectivity index (χ0n) is 19.1. The van der Waals surface area contributed by atoms with Gasteiger partial charge in [-0.15, -0.1) is 0 Å². The molecule has 0 N–H and O–H groups in total. The van der Waals surface area contributed by atoms with Crippen LogP contribution in [0, 0.1) is 14.3 Å². The molecule has 190 valence electrons. The lowest BCUT2D eigenvalue weighted by Crippen LogP contribution is -2.12. The summed E-state index contributed by atoms with van der Waals surface area (Å²) in [4.78, 5) is 35.3. The highest BCUT2D eigenvalue weighted by molar-refractivity contribution is 14.1. The first-order valence-corrected chi connectivity index (χ1v) is 14.9. The molecule has 7 nitrogen and oxygen atoms in total. The molecule has 0 aromatic heterocycles. The molecule has 0 aliphatic heterocycles. The Kier molecular flexibility index (Phi) is 13.8. The summed E-state index contributed by atoms with van der Waals surface area (Å²) in [6.45, 7) is 1.76. The lowest BCUT2D eigenvalue weighted by atomic mass is 10.1. The van der Waals surface area contributed by atoms with E-state index in [1.54, 1.807) is 7.11 Å². The third kappa shape index (κ3) is 10.8. The molecule has 11 heteroatoms. The van der Waals surface area contributed by atoms with Gasteiger partial charge in [0.25, 0.3) is 0 Å². The van der Waals surface area contributed by atoms with Crippen molar-refractivity contribution in [3.63, 3.8) is 0 Å². The van der Waals surface area contributed by atoms with Crippen molar-refractivity contribution in [2.75, 3.05) is 20.3 Å². The molecule has 0 unspecified atom stereocenters. The summed E-state index contributed by atoms with van der Waals surface area (Å²) in [6, 6.07) is 7.79. The van der Waals surface area contributed by atoms with Crippen LogP contribution in [0.1, 0.15) is 37.3 Å². The number of ether oxygens (including phenoxy) is 4. The molecular formula is C24H24I4O7. The number of aryl methyl sites for hydroxylation is 2. The van der Waals surface area contributed by atoms with E-state index in [1.165, 1.54) is 6.92 Å². The van der Waals surface area contributed by atoms with Gasteiger partial charge in [-0.25, -0.2) is 0 Å². The van der Waals surface area contributed by atoms with Gasteiger partial charge in [0.05, 0.1) is 34.6 Å². The highest BCUT2D eigenvalue weighted by Crippen LogP contribution is 2.30. The monoisotopic (exact) mass is 932 g/mol. The smallest absolute Gasteiger partial charge is 0.308 e. The second kappa shape index (κ2) is 15.7. The number of carbonyl (C=O) groups excluding carboxylic acids is 3. The molecular weight excluding hydrogens is 908 g/mol. The van der Waals surface area contributed by atoms with E-state index in [4.69, 9.17) is 18.9 Å². The molecule has 0 heterocycles. The number of benzene rings is 2. The van der Waals surface area contributed by atoms with Gasteiger partial charge in [-0.05, 0) is 139 Å². The molecule has 0 bridgehead atoms. The van der Waals surface area contributed by atoms with Gasteiger partial charge in [-0.3, -0.25) is 14.4 Å². The molecule has 2 aromatic rings. The van der Waals surface area contributed by atoms with E-state index in [1.807, 2.05) is 24.3 Å². The second-order valence-corrected chi connectivity index (χ2v) is 12.0. The van der Waals surface area contributed by atoms with E-state index in [-0.39, 0.29) is 44.0 Å². The van der Waals surface area contributed by atoms with Crippen molar-refractivity contribution in [2.45, 2.75) is 39.0 Å². The first-order valence-electron chi connectivity index (χ1n) is 10.6. The highest BCUT2D eigenvalue weighted by Gasteiger charge is 2.13. The van der Waals surface area contributed by atoms with Gasteiger partial charge >= 0.3 is 17.9 Å². The summed E-state index contributed by atoms with van der Waals surface area (Å²) >= 11 is 8.65. The number of esters is 3. The molecule has 0 aliphatic rings. The van der Waals surface area contributed by atoms with Crippen LogP contribution in [0.15, 0.2) is 24.3 Å². The summed E-state index contributed by atoms with van der Waals surface area (Å²) in [6.07, 6.45) is 2.07. The molecule has 0 aliphatic carbocycles. The number of carbonyl (C=O) groups is 3. The molecule has 0 saturated heterocycles. The fourth-order valence-electron chi connectivity index (χ4n) is 3.02. The minimum Gasteiger partial charge on any atom is -0.495 e. The van der Waals surface area contributed by atoms with Gasteiger partial charge in [0.15, 0.2) is 5.75 Å². The van der Waals surface area contributed by atoms with Crippen molar-refractivity contribution in [3.8, 4) is 11.5 Å². The molecule has 0 saturated carbocycles. The topological polar surface area (TPSA) is 88.1 Å². The van der Waals surface area contributed by atoms with Crippen molar-refractivity contribution in [2.24, 2.45) is 0 Å². The van der Waals surface area contributed by atoms with E-state index >= 15 is 0 Å². The summed E-state index contributed by atoms with van der Waals surface area (Å²) in [5.74, 6) is 0.416. The van der Waals surface area contributed by atoms with Crippen LogP contribution in [0.25, 0.3) is 0 Å². The molecule has 0 spiro atoms. The van der Waals surface area contributed by atoms with Crippen molar-refractivity contribution in [3.05, 3.63) is 49.7 Å². The van der Waals surface area contributed by atoms with Gasteiger partial charge in [0.1, 0.15) is 5.75 Å². The molecule has 2 rings (SSSR count). The molecule has 35 heavy (non-hydrogen) atoms. The van der Waals surface area contributed by atoms with E-state index in [0.29, 0.717) is 25.0 Å². The van der Waals surface area contributed by atoms with Gasteiger partial charge in [0, 0.05) is 26.2 Å². The fourth-order valence-corrected chi connectivity index (χ4v) is 7.47. The zero-order valence-corrected chi connectivity index (χ0v) is 27.8. The second-order valence-electron chi connectivity index (χ2n) is 7.37. The number of hydrogen-bond acceptors (Lipinski definition) is 7. The first-order chi connectivity index (χ1) is 16.6. The van der Waals surface area contributed by atoms with E-state index in [0.717, 1.165) is 31.2 Å². The molecule has 0 amide bonds. The average molecular weight is 932 g/mol. The van der Waals surface area contributed by atoms with Crippen LogP contribution < -0.4 is 9.47 Å². The average Bonchev–Trinajstić information content (AvgIpc) is 2.78. The third-order valence-corrected chi connectivity index (χ3v) is 7.82. The van der Waals surface area contributed by atoms with Crippen LogP contribution in [0.4, 0.5) is 0 Å². The Hall–Kier alpha value is -0.430. The van der Waals surface area contributed by atoms with Gasteiger partial charge in [-0.2, -0.15) is 0 Å². The van der Waals surface area contributed by atoms with Crippen molar-refractivity contribution in [1.29, 1.82) is 0 Å². The summed E-state index contributed by atoms with van der Waals surface area (Å²) in [7, 11) is 1.64.